The van der Waals surface area contributed by atoms with Gasteiger partial charge in [0.1, 0.15) is 16.8 Å². The average Bonchev–Trinajstić information content (AvgIpc) is 3.35. The van der Waals surface area contributed by atoms with E-state index in [1.54, 1.807) is 72.9 Å². The van der Waals surface area contributed by atoms with E-state index >= 15 is 0 Å². The number of halogens is 6. The average molecular weight is 1080 g/mol. The Labute approximate surface area is 421 Å². The summed E-state index contributed by atoms with van der Waals surface area (Å²) in [5.41, 5.74) is -6.80. The number of aromatic nitrogens is 4. The smallest absolute Gasteiger partial charge is 0.506 e. The van der Waals surface area contributed by atoms with Crippen LogP contribution in [0.1, 0.15) is 7.43 Å². The lowest BCUT2D eigenvalue weighted by atomic mass is 10.0. The van der Waals surface area contributed by atoms with Crippen molar-refractivity contribution in [3.05, 3.63) is 188 Å². The van der Waals surface area contributed by atoms with Crippen molar-refractivity contribution < 1.29 is 60.9 Å². The summed E-state index contributed by atoms with van der Waals surface area (Å²) in [7, 11) is -16.5. The lowest BCUT2D eigenvalue weighted by molar-refractivity contribution is -0.0500. The van der Waals surface area contributed by atoms with E-state index in [4.69, 9.17) is 0 Å². The van der Waals surface area contributed by atoms with Crippen molar-refractivity contribution in [1.29, 1.82) is 0 Å². The number of phenolic OH excluding ortho intramolecular Hbond substituents is 1. The van der Waals surface area contributed by atoms with Crippen LogP contribution in [0.25, 0.3) is 44.1 Å². The first-order valence-corrected chi connectivity index (χ1v) is 25.6. The molecule has 0 unspecified atom stereocenters. The normalized spacial score (nSPS) is 11.7. The highest BCUT2D eigenvalue weighted by molar-refractivity contribution is 8.10. The minimum atomic E-state index is -6.00. The molecule has 0 bridgehead atoms. The number of phenols is 1. The molecule has 0 atom stereocenters. The van der Waals surface area contributed by atoms with Crippen molar-refractivity contribution in [3.63, 3.8) is 0 Å². The van der Waals surface area contributed by atoms with Crippen LogP contribution in [0.3, 0.4) is 0 Å². The van der Waals surface area contributed by atoms with Gasteiger partial charge in [0.25, 0.3) is 0 Å². The van der Waals surface area contributed by atoms with Crippen molar-refractivity contribution in [1.82, 2.24) is 19.9 Å². The first kappa shape index (κ1) is 55.0. The van der Waals surface area contributed by atoms with E-state index in [2.05, 4.69) is 34.8 Å². The molecule has 2 aromatic heterocycles. The number of nitrogens with zero attached hydrogens (tertiary/aromatic N) is 5. The maximum absolute atomic E-state index is 13.0. The summed E-state index contributed by atoms with van der Waals surface area (Å²) in [6.45, 7) is 0. The molecule has 15 nitrogen and oxygen atoms in total. The molecule has 7 aromatic carbocycles. The van der Waals surface area contributed by atoms with Crippen LogP contribution in [-0.4, -0.2) is 67.6 Å². The molecular formula is C50H41F6N7O8S3. The molecule has 0 aliphatic rings. The quantitative estimate of drug-likeness (QED) is 0.0625. The van der Waals surface area contributed by atoms with E-state index in [0.29, 0.717) is 39.9 Å². The summed E-state index contributed by atoms with van der Waals surface area (Å²) in [5.74, 6) is 0.119. The van der Waals surface area contributed by atoms with Gasteiger partial charge in [0.15, 0.2) is 5.75 Å². The first-order valence-electron chi connectivity index (χ1n) is 20.9. The Morgan fingerprint density at radius 2 is 0.905 bits per heavy atom. The fraction of sp³-hybridized carbons (Fsp3) is 0.0800. The molecular weight excluding hydrogens is 1040 g/mol. The van der Waals surface area contributed by atoms with E-state index in [0.717, 1.165) is 34.3 Å². The minimum Gasteiger partial charge on any atom is -0.506 e. The standard InChI is InChI=1S/C21H14F3N3O3S.C20H15N3O.C8H8F3NO4S2.CH4/c22-21(23,24)31(28,29)30-18-12-15(14-7-3-1-4-8-14)11-16-13-25-20(27-19(16)18)26-17-9-5-2-6-10-17;24-18-12-15(14-7-3-1-4-8-14)11-16-13-21-20(23-19(16)18)22-17-9-5-2-6-10-17;1-17(13,14)12(7-5-3-2-4-6-7)18(15,16)8(9,10)11;/h1-13H,(H,25,26,27);1-13,24H,(H,21,22,23);2-6H,1H3;1H4. The van der Waals surface area contributed by atoms with Gasteiger partial charge in [-0.15, -0.1) is 0 Å². The second kappa shape index (κ2) is 22.6. The zero-order chi connectivity index (χ0) is 52.6. The number of para-hydroxylation sites is 3. The number of rotatable bonds is 11. The lowest BCUT2D eigenvalue weighted by Gasteiger charge is -2.22. The SMILES string of the molecule is C.CS(=O)(=O)N(c1ccccc1)S(=O)(=O)C(F)(F)F.O=S(=O)(Oc1cc(-c2ccccc2)cc2cnc(Nc3ccccc3)nc12)C(F)(F)F.Oc1cc(-c2ccccc2)cc2cnc(Nc3ccccc3)nc12. The summed E-state index contributed by atoms with van der Waals surface area (Å²) in [6.07, 6.45) is 3.48. The lowest BCUT2D eigenvalue weighted by Crippen LogP contribution is -2.44. The predicted molar refractivity (Wildman–Crippen MR) is 272 cm³/mol. The molecule has 384 valence electrons. The van der Waals surface area contributed by atoms with Gasteiger partial charge >= 0.3 is 31.2 Å². The van der Waals surface area contributed by atoms with Crippen molar-refractivity contribution >= 4 is 80.9 Å². The first-order chi connectivity index (χ1) is 34.5. The molecule has 24 heteroatoms. The zero-order valence-corrected chi connectivity index (χ0v) is 39.9. The van der Waals surface area contributed by atoms with Crippen molar-refractivity contribution in [2.75, 3.05) is 20.6 Å². The molecule has 0 aliphatic heterocycles. The molecule has 0 spiro atoms. The van der Waals surface area contributed by atoms with E-state index in [1.807, 2.05) is 72.8 Å². The van der Waals surface area contributed by atoms with Crippen LogP contribution in [0.2, 0.25) is 0 Å². The van der Waals surface area contributed by atoms with Crippen LogP contribution in [0.4, 0.5) is 55.3 Å². The Bertz CT molecular complexity index is 3710. The van der Waals surface area contributed by atoms with Crippen LogP contribution in [-0.2, 0) is 30.2 Å². The fourth-order valence-corrected chi connectivity index (χ4v) is 9.87. The van der Waals surface area contributed by atoms with Gasteiger partial charge in [0.2, 0.25) is 21.9 Å². The molecule has 3 N–H and O–H groups in total. The molecule has 9 aromatic rings. The van der Waals surface area contributed by atoms with Gasteiger partial charge in [-0.05, 0) is 82.9 Å². The van der Waals surface area contributed by atoms with Gasteiger partial charge in [0.05, 0.1) is 11.9 Å². The van der Waals surface area contributed by atoms with E-state index in [9.17, 15) is 56.7 Å². The molecule has 0 fully saturated rings. The van der Waals surface area contributed by atoms with Crippen molar-refractivity contribution in [2.24, 2.45) is 0 Å². The van der Waals surface area contributed by atoms with Crippen LogP contribution in [0.5, 0.6) is 11.5 Å². The summed E-state index contributed by atoms with van der Waals surface area (Å²) < 4.78 is 148. The Morgan fingerprint density at radius 1 is 0.514 bits per heavy atom. The van der Waals surface area contributed by atoms with Crippen LogP contribution in [0.15, 0.2) is 188 Å². The third-order valence-corrected chi connectivity index (χ3v) is 14.3. The minimum absolute atomic E-state index is 0. The van der Waals surface area contributed by atoms with Gasteiger partial charge in [-0.3, -0.25) is 0 Å². The maximum Gasteiger partial charge on any atom is 0.534 e. The highest BCUT2D eigenvalue weighted by Crippen LogP contribution is 2.37. The third kappa shape index (κ3) is 13.4. The van der Waals surface area contributed by atoms with Crippen LogP contribution < -0.4 is 18.5 Å². The molecule has 0 aliphatic carbocycles. The van der Waals surface area contributed by atoms with Crippen molar-refractivity contribution in [3.8, 4) is 33.8 Å². The topological polar surface area (TPSA) is 211 Å². The molecule has 9 rings (SSSR count). The second-order valence-electron chi connectivity index (χ2n) is 15.2. The second-order valence-corrected chi connectivity index (χ2v) is 20.6. The number of hydrogen-bond donors (Lipinski definition) is 3. The Kier molecular flexibility index (Phi) is 16.8. The number of fused-ring (bicyclic) bond motifs is 2. The van der Waals surface area contributed by atoms with Gasteiger partial charge in [-0.2, -0.15) is 46.9 Å². The summed E-state index contributed by atoms with van der Waals surface area (Å²) in [5, 5.41) is 17.5. The number of aromatic hydroxyl groups is 1. The number of hydrogen-bond acceptors (Lipinski definition) is 14. The van der Waals surface area contributed by atoms with Gasteiger partial charge < -0.3 is 19.9 Å². The van der Waals surface area contributed by atoms with E-state index < -0.39 is 56.3 Å². The van der Waals surface area contributed by atoms with Crippen molar-refractivity contribution in [2.45, 2.75) is 18.4 Å². The molecule has 0 saturated carbocycles. The Balaban J connectivity index is 0.000000186. The molecule has 2 heterocycles. The molecule has 74 heavy (non-hydrogen) atoms. The number of nitrogens with one attached hydrogen (secondary N) is 2. The van der Waals surface area contributed by atoms with Crippen LogP contribution in [0, 0.1) is 0 Å². The Hall–Kier alpha value is -8.35. The van der Waals surface area contributed by atoms with E-state index in [1.165, 1.54) is 30.5 Å². The van der Waals surface area contributed by atoms with Gasteiger partial charge in [-0.25, -0.2) is 28.4 Å². The molecule has 0 saturated heterocycles. The summed E-state index contributed by atoms with van der Waals surface area (Å²) >= 11 is 0. The summed E-state index contributed by atoms with van der Waals surface area (Å²) in [6, 6.07) is 49.5. The number of sulfonamides is 2. The number of anilines is 5. The van der Waals surface area contributed by atoms with E-state index in [-0.39, 0.29) is 24.6 Å². The predicted octanol–water partition coefficient (Wildman–Crippen LogP) is 12.0. The maximum atomic E-state index is 13.0. The highest BCUT2D eigenvalue weighted by atomic mass is 32.3. The fourth-order valence-electron chi connectivity index (χ4n) is 6.64. The zero-order valence-electron chi connectivity index (χ0n) is 37.4. The monoisotopic (exact) mass is 1080 g/mol. The number of benzene rings is 7. The van der Waals surface area contributed by atoms with Gasteiger partial charge in [0, 0.05) is 34.5 Å². The third-order valence-electron chi connectivity index (χ3n) is 9.85. The number of alkyl halides is 6. The van der Waals surface area contributed by atoms with Gasteiger partial charge in [-0.1, -0.05) is 123 Å². The summed E-state index contributed by atoms with van der Waals surface area (Å²) in [4.78, 5) is 17.1. The largest absolute Gasteiger partial charge is 0.534 e. The highest BCUT2D eigenvalue weighted by Gasteiger charge is 2.53. The molecule has 0 radical (unpaired) electrons. The Morgan fingerprint density at radius 3 is 1.32 bits per heavy atom. The molecule has 0 amide bonds. The van der Waals surface area contributed by atoms with Crippen LogP contribution >= 0.6 is 0 Å².